The van der Waals surface area contributed by atoms with E-state index in [4.69, 9.17) is 10.9 Å². The third kappa shape index (κ3) is 6.89. The number of aliphatic carboxylic acids is 1. The van der Waals surface area contributed by atoms with E-state index in [0.29, 0.717) is 24.8 Å². The molecular weight excluding hydrogens is 256 g/mol. The van der Waals surface area contributed by atoms with E-state index in [0.717, 1.165) is 6.42 Å². The topological polar surface area (TPSA) is 83.6 Å². The van der Waals surface area contributed by atoms with E-state index < -0.39 is 5.97 Å². The molecule has 5 nitrogen and oxygen atoms in total. The molecule has 0 aromatic heterocycles. The Morgan fingerprint density at radius 1 is 1.15 bits per heavy atom. The molecule has 0 saturated carbocycles. The number of carbonyl (C=O) groups is 2. The second-order valence-corrected chi connectivity index (χ2v) is 6.22. The Morgan fingerprint density at radius 2 is 1.70 bits per heavy atom. The minimum atomic E-state index is -0.842. The predicted molar refractivity (Wildman–Crippen MR) is 79.7 cm³/mol. The maximum atomic E-state index is 12.0. The van der Waals surface area contributed by atoms with Gasteiger partial charge in [0.2, 0.25) is 5.91 Å². The number of hydrazine groups is 1. The molecular formula is C15H30N2O3. The summed E-state index contributed by atoms with van der Waals surface area (Å²) < 4.78 is 0. The first-order valence-electron chi connectivity index (χ1n) is 7.45. The highest BCUT2D eigenvalue weighted by Crippen LogP contribution is 2.24. The van der Waals surface area contributed by atoms with Crippen molar-refractivity contribution in [3.05, 3.63) is 0 Å². The van der Waals surface area contributed by atoms with Crippen molar-refractivity contribution >= 4 is 11.9 Å². The lowest BCUT2D eigenvalue weighted by molar-refractivity contribution is -0.140. The van der Waals surface area contributed by atoms with Gasteiger partial charge in [0, 0.05) is 13.0 Å². The maximum absolute atomic E-state index is 12.0. The zero-order valence-corrected chi connectivity index (χ0v) is 13.4. The number of carboxylic acids is 1. The zero-order chi connectivity index (χ0) is 15.9. The predicted octanol–water partition coefficient (Wildman–Crippen LogP) is 2.51. The Balaban J connectivity index is 4.63. The van der Waals surface area contributed by atoms with Crippen molar-refractivity contribution in [2.45, 2.75) is 53.9 Å². The van der Waals surface area contributed by atoms with Gasteiger partial charge in [-0.25, -0.2) is 5.84 Å². The number of rotatable bonds is 9. The van der Waals surface area contributed by atoms with Gasteiger partial charge in [-0.15, -0.1) is 0 Å². The van der Waals surface area contributed by atoms with E-state index in [-0.39, 0.29) is 24.2 Å². The fourth-order valence-corrected chi connectivity index (χ4v) is 2.10. The molecule has 0 saturated heterocycles. The number of carboxylic acid groups (broad SMARTS) is 1. The summed E-state index contributed by atoms with van der Waals surface area (Å²) in [4.78, 5) is 22.9. The molecule has 1 amide bonds. The summed E-state index contributed by atoms with van der Waals surface area (Å²) in [5.41, 5.74) is 0. The van der Waals surface area contributed by atoms with Crippen LogP contribution in [0.5, 0.6) is 0 Å². The van der Waals surface area contributed by atoms with Gasteiger partial charge in [0.25, 0.3) is 0 Å². The highest BCUT2D eigenvalue weighted by Gasteiger charge is 2.26. The number of nitrogens with two attached hydrogens (primary N) is 1. The van der Waals surface area contributed by atoms with E-state index in [9.17, 15) is 9.59 Å². The number of hydrogen-bond acceptors (Lipinski definition) is 3. The first-order valence-corrected chi connectivity index (χ1v) is 7.45. The molecule has 0 heterocycles. The summed E-state index contributed by atoms with van der Waals surface area (Å²) >= 11 is 0. The Hall–Kier alpha value is -1.10. The van der Waals surface area contributed by atoms with Gasteiger partial charge in [-0.3, -0.25) is 14.6 Å². The molecule has 0 aromatic rings. The van der Waals surface area contributed by atoms with Gasteiger partial charge in [-0.1, -0.05) is 41.0 Å². The van der Waals surface area contributed by atoms with Crippen LogP contribution in [0.15, 0.2) is 0 Å². The Morgan fingerprint density at radius 3 is 2.10 bits per heavy atom. The molecule has 5 heteroatoms. The van der Waals surface area contributed by atoms with Crippen LogP contribution in [-0.2, 0) is 9.59 Å². The molecule has 0 radical (unpaired) electrons. The molecule has 0 aliphatic heterocycles. The van der Waals surface area contributed by atoms with Crippen LogP contribution >= 0.6 is 0 Å². The summed E-state index contributed by atoms with van der Waals surface area (Å²) in [7, 11) is 0. The van der Waals surface area contributed by atoms with Gasteiger partial charge in [0.05, 0.1) is 6.42 Å². The van der Waals surface area contributed by atoms with Crippen LogP contribution in [0.2, 0.25) is 0 Å². The number of amides is 1. The highest BCUT2D eigenvalue weighted by molar-refractivity contribution is 5.75. The molecule has 0 rings (SSSR count). The summed E-state index contributed by atoms with van der Waals surface area (Å²) in [5, 5.41) is 10.2. The van der Waals surface area contributed by atoms with E-state index in [1.807, 2.05) is 20.8 Å². The summed E-state index contributed by atoms with van der Waals surface area (Å²) in [6, 6.07) is 0. The normalized spacial score (nSPS) is 15.8. The minimum absolute atomic E-state index is 0.0453. The van der Waals surface area contributed by atoms with Gasteiger partial charge in [0.1, 0.15) is 0 Å². The van der Waals surface area contributed by atoms with Crippen molar-refractivity contribution in [3.63, 3.8) is 0 Å². The molecule has 0 aliphatic carbocycles. The van der Waals surface area contributed by atoms with Gasteiger partial charge in [0.15, 0.2) is 0 Å². The second kappa shape index (κ2) is 8.95. The third-order valence-electron chi connectivity index (χ3n) is 4.20. The number of hydrogen-bond donors (Lipinski definition) is 2. The molecule has 118 valence electrons. The maximum Gasteiger partial charge on any atom is 0.303 e. The fourth-order valence-electron chi connectivity index (χ4n) is 2.10. The van der Waals surface area contributed by atoms with Crippen molar-refractivity contribution in [1.29, 1.82) is 0 Å². The van der Waals surface area contributed by atoms with Crippen LogP contribution in [0.25, 0.3) is 0 Å². The Kier molecular flexibility index (Phi) is 8.46. The van der Waals surface area contributed by atoms with E-state index >= 15 is 0 Å². The van der Waals surface area contributed by atoms with Crippen LogP contribution < -0.4 is 5.84 Å². The van der Waals surface area contributed by atoms with Crippen molar-refractivity contribution in [2.75, 3.05) is 6.54 Å². The summed E-state index contributed by atoms with van der Waals surface area (Å²) in [6.45, 7) is 10.5. The second-order valence-electron chi connectivity index (χ2n) is 6.22. The van der Waals surface area contributed by atoms with Crippen LogP contribution in [0.3, 0.4) is 0 Å². The molecule has 0 aromatic carbocycles. The quantitative estimate of drug-likeness (QED) is 0.387. The lowest BCUT2D eigenvalue weighted by atomic mass is 9.82. The average molecular weight is 286 g/mol. The van der Waals surface area contributed by atoms with E-state index in [1.54, 1.807) is 0 Å². The van der Waals surface area contributed by atoms with Crippen molar-refractivity contribution in [2.24, 2.45) is 29.5 Å². The molecule has 3 atom stereocenters. The van der Waals surface area contributed by atoms with Crippen LogP contribution in [0, 0.1) is 23.7 Å². The van der Waals surface area contributed by atoms with Crippen molar-refractivity contribution in [3.8, 4) is 0 Å². The van der Waals surface area contributed by atoms with Crippen molar-refractivity contribution in [1.82, 2.24) is 5.01 Å². The first-order chi connectivity index (χ1) is 9.18. The van der Waals surface area contributed by atoms with Gasteiger partial charge in [-0.05, 0) is 23.7 Å². The number of nitrogens with zero attached hydrogens (tertiary/aromatic N) is 1. The van der Waals surface area contributed by atoms with Gasteiger partial charge in [-0.2, -0.15) is 0 Å². The smallest absolute Gasteiger partial charge is 0.303 e. The minimum Gasteiger partial charge on any atom is -0.481 e. The van der Waals surface area contributed by atoms with Crippen LogP contribution in [0.1, 0.15) is 53.9 Å². The van der Waals surface area contributed by atoms with Crippen LogP contribution in [0.4, 0.5) is 0 Å². The number of carbonyl (C=O) groups excluding carboxylic acids is 1. The van der Waals surface area contributed by atoms with Gasteiger partial charge < -0.3 is 5.11 Å². The highest BCUT2D eigenvalue weighted by atomic mass is 16.4. The Labute approximate surface area is 122 Å². The third-order valence-corrected chi connectivity index (χ3v) is 4.20. The summed E-state index contributed by atoms with van der Waals surface area (Å²) in [6.07, 6.45) is 1.40. The molecule has 0 fully saturated rings. The first kappa shape index (κ1) is 18.9. The van der Waals surface area contributed by atoms with Crippen molar-refractivity contribution < 1.29 is 14.7 Å². The van der Waals surface area contributed by atoms with Crippen LogP contribution in [-0.4, -0.2) is 28.5 Å². The standard InChI is InChI=1S/C15H30N2O3/c1-6-11(4)7-14(18)17(16)9-13(8-15(19)20)12(5)10(2)3/h10-13H,6-9,16H2,1-5H3,(H,19,20). The molecule has 0 spiro atoms. The SMILES string of the molecule is CCC(C)CC(=O)N(N)CC(CC(=O)O)C(C)C(C)C. The molecule has 0 aliphatic rings. The lowest BCUT2D eigenvalue weighted by Crippen LogP contribution is -2.43. The molecule has 3 N–H and O–H groups in total. The fraction of sp³-hybridized carbons (Fsp3) is 0.867. The molecule has 3 unspecified atom stereocenters. The Bertz CT molecular complexity index is 318. The monoisotopic (exact) mass is 286 g/mol. The molecule has 0 bridgehead atoms. The lowest BCUT2D eigenvalue weighted by Gasteiger charge is -2.30. The average Bonchev–Trinajstić information content (AvgIpc) is 2.35. The van der Waals surface area contributed by atoms with Gasteiger partial charge >= 0.3 is 5.97 Å². The summed E-state index contributed by atoms with van der Waals surface area (Å²) in [5.74, 6) is 5.63. The largest absolute Gasteiger partial charge is 0.481 e. The zero-order valence-electron chi connectivity index (χ0n) is 13.4. The van der Waals surface area contributed by atoms with E-state index in [1.165, 1.54) is 5.01 Å². The van der Waals surface area contributed by atoms with E-state index in [2.05, 4.69) is 13.8 Å². The molecule has 20 heavy (non-hydrogen) atoms.